The van der Waals surface area contributed by atoms with Gasteiger partial charge in [-0.1, -0.05) is 26.3 Å². The Labute approximate surface area is 125 Å². The summed E-state index contributed by atoms with van der Waals surface area (Å²) in [6.45, 7) is 4.20. The molecule has 2 rings (SSSR count). The Kier molecular flexibility index (Phi) is 4.73. The highest BCUT2D eigenvalue weighted by Crippen LogP contribution is 2.36. The van der Waals surface area contributed by atoms with Crippen LogP contribution in [0.1, 0.15) is 31.5 Å². The van der Waals surface area contributed by atoms with Crippen molar-refractivity contribution in [2.75, 3.05) is 12.8 Å². The topological polar surface area (TPSA) is 62.3 Å². The molecule has 0 aliphatic carbocycles. The first-order valence-electron chi connectivity index (χ1n) is 7.26. The van der Waals surface area contributed by atoms with Crippen LogP contribution in [0.4, 0.5) is 5.69 Å². The van der Waals surface area contributed by atoms with Gasteiger partial charge < -0.3 is 15.2 Å². The van der Waals surface area contributed by atoms with Crippen LogP contribution >= 0.6 is 0 Å². The predicted molar refractivity (Wildman–Crippen MR) is 84.1 cm³/mol. The van der Waals surface area contributed by atoms with E-state index in [2.05, 4.69) is 18.9 Å². The van der Waals surface area contributed by atoms with Gasteiger partial charge in [0.2, 0.25) is 5.88 Å². The lowest BCUT2D eigenvalue weighted by Gasteiger charge is -2.12. The van der Waals surface area contributed by atoms with Crippen LogP contribution in [0.15, 0.2) is 18.2 Å². The number of nitrogens with two attached hydrogens (primary N) is 1. The third kappa shape index (κ3) is 3.12. The molecule has 2 aromatic rings. The van der Waals surface area contributed by atoms with Gasteiger partial charge in [-0.2, -0.15) is 5.10 Å². The highest BCUT2D eigenvalue weighted by molar-refractivity contribution is 5.56. The van der Waals surface area contributed by atoms with Gasteiger partial charge >= 0.3 is 0 Å². The molecule has 0 radical (unpaired) electrons. The van der Waals surface area contributed by atoms with Crippen LogP contribution < -0.4 is 15.2 Å². The van der Waals surface area contributed by atoms with Crippen molar-refractivity contribution in [3.8, 4) is 17.4 Å². The van der Waals surface area contributed by atoms with Crippen LogP contribution in [0.2, 0.25) is 0 Å². The highest BCUT2D eigenvalue weighted by atomic mass is 16.5. The van der Waals surface area contributed by atoms with Crippen molar-refractivity contribution in [2.45, 2.75) is 33.1 Å². The van der Waals surface area contributed by atoms with Crippen LogP contribution in [0.5, 0.6) is 17.4 Å². The summed E-state index contributed by atoms with van der Waals surface area (Å²) in [5, 5.41) is 4.41. The smallest absolute Gasteiger partial charge is 0.241 e. The average molecular weight is 289 g/mol. The van der Waals surface area contributed by atoms with E-state index >= 15 is 0 Å². The number of hydrogen-bond donors (Lipinski definition) is 1. The van der Waals surface area contributed by atoms with Crippen molar-refractivity contribution in [1.82, 2.24) is 9.78 Å². The molecule has 1 aromatic heterocycles. The van der Waals surface area contributed by atoms with E-state index in [-0.39, 0.29) is 0 Å². The number of methoxy groups -OCH3 is 1. The summed E-state index contributed by atoms with van der Waals surface area (Å²) >= 11 is 0. The zero-order valence-electron chi connectivity index (χ0n) is 13.1. The summed E-state index contributed by atoms with van der Waals surface area (Å²) in [5.74, 6) is 1.90. The SMILES string of the molecule is CCCc1nn(C)c(Oc2ccc(CC)cc2OC)c1N. The molecule has 21 heavy (non-hydrogen) atoms. The Hall–Kier alpha value is -2.17. The number of nitrogens with zero attached hydrogens (tertiary/aromatic N) is 2. The summed E-state index contributed by atoms with van der Waals surface area (Å²) in [4.78, 5) is 0. The van der Waals surface area contributed by atoms with Crippen LogP contribution in [0, 0.1) is 0 Å². The fourth-order valence-electron chi connectivity index (χ4n) is 2.24. The number of hydrogen-bond acceptors (Lipinski definition) is 4. The summed E-state index contributed by atoms with van der Waals surface area (Å²) in [7, 11) is 3.47. The van der Waals surface area contributed by atoms with E-state index in [1.54, 1.807) is 11.8 Å². The lowest BCUT2D eigenvalue weighted by atomic mass is 10.1. The molecule has 0 aliphatic rings. The second-order valence-electron chi connectivity index (χ2n) is 4.98. The van der Waals surface area contributed by atoms with Crippen LogP contribution in [0.25, 0.3) is 0 Å². The molecule has 0 amide bonds. The first-order chi connectivity index (χ1) is 10.1. The molecule has 0 unspecified atom stereocenters. The standard InChI is InChI=1S/C16H23N3O2/c1-5-7-12-15(17)16(19(3)18-12)21-13-9-8-11(6-2)10-14(13)20-4/h8-10H,5-7,17H2,1-4H3. The molecule has 1 aromatic carbocycles. The summed E-state index contributed by atoms with van der Waals surface area (Å²) in [6.07, 6.45) is 2.79. The summed E-state index contributed by atoms with van der Waals surface area (Å²) < 4.78 is 13.0. The molecule has 0 saturated heterocycles. The van der Waals surface area contributed by atoms with Crippen molar-refractivity contribution >= 4 is 5.69 Å². The maximum Gasteiger partial charge on any atom is 0.241 e. The van der Waals surface area contributed by atoms with Crippen molar-refractivity contribution in [3.05, 3.63) is 29.5 Å². The quantitative estimate of drug-likeness (QED) is 0.886. The fraction of sp³-hybridized carbons (Fsp3) is 0.438. The molecule has 5 heteroatoms. The van der Waals surface area contributed by atoms with Gasteiger partial charge in [0.25, 0.3) is 0 Å². The van der Waals surface area contributed by atoms with E-state index in [1.807, 2.05) is 25.2 Å². The first kappa shape index (κ1) is 15.2. The van der Waals surface area contributed by atoms with E-state index in [0.29, 0.717) is 23.1 Å². The number of benzene rings is 1. The number of anilines is 1. The van der Waals surface area contributed by atoms with Gasteiger partial charge in [0, 0.05) is 7.05 Å². The zero-order chi connectivity index (χ0) is 15.4. The third-order valence-electron chi connectivity index (χ3n) is 3.44. The molecule has 0 aliphatic heterocycles. The molecular formula is C16H23N3O2. The fourth-order valence-corrected chi connectivity index (χ4v) is 2.24. The maximum absolute atomic E-state index is 6.14. The minimum atomic E-state index is 0.556. The van der Waals surface area contributed by atoms with Gasteiger partial charge in [-0.25, -0.2) is 4.68 Å². The van der Waals surface area contributed by atoms with Crippen molar-refractivity contribution < 1.29 is 9.47 Å². The Morgan fingerprint density at radius 3 is 2.62 bits per heavy atom. The molecule has 0 fully saturated rings. The molecule has 5 nitrogen and oxygen atoms in total. The second kappa shape index (κ2) is 6.52. The van der Waals surface area contributed by atoms with Crippen LogP contribution in [-0.4, -0.2) is 16.9 Å². The normalized spacial score (nSPS) is 10.7. The van der Waals surface area contributed by atoms with Gasteiger partial charge in [-0.05, 0) is 30.5 Å². The molecule has 0 spiro atoms. The minimum Gasteiger partial charge on any atom is -0.493 e. The number of rotatable bonds is 6. The molecule has 0 saturated carbocycles. The molecule has 2 N–H and O–H groups in total. The van der Waals surface area contributed by atoms with E-state index in [4.69, 9.17) is 15.2 Å². The lowest BCUT2D eigenvalue weighted by molar-refractivity contribution is 0.366. The average Bonchev–Trinajstić information content (AvgIpc) is 2.75. The van der Waals surface area contributed by atoms with Gasteiger partial charge in [-0.15, -0.1) is 0 Å². The Bertz CT molecular complexity index is 620. The van der Waals surface area contributed by atoms with E-state index in [1.165, 1.54) is 5.56 Å². The highest BCUT2D eigenvalue weighted by Gasteiger charge is 2.16. The second-order valence-corrected chi connectivity index (χ2v) is 4.98. The minimum absolute atomic E-state index is 0.556. The van der Waals surface area contributed by atoms with Gasteiger partial charge in [-0.3, -0.25) is 0 Å². The van der Waals surface area contributed by atoms with Crippen LogP contribution in [-0.2, 0) is 19.9 Å². The third-order valence-corrected chi connectivity index (χ3v) is 3.44. The number of aromatic nitrogens is 2. The summed E-state index contributed by atoms with van der Waals surface area (Å²) in [6, 6.07) is 5.91. The number of aryl methyl sites for hydroxylation is 3. The van der Waals surface area contributed by atoms with Crippen molar-refractivity contribution in [1.29, 1.82) is 0 Å². The van der Waals surface area contributed by atoms with E-state index < -0.39 is 0 Å². The molecule has 1 heterocycles. The molecular weight excluding hydrogens is 266 g/mol. The van der Waals surface area contributed by atoms with Gasteiger partial charge in [0.05, 0.1) is 12.8 Å². The van der Waals surface area contributed by atoms with E-state index in [9.17, 15) is 0 Å². The van der Waals surface area contributed by atoms with E-state index in [0.717, 1.165) is 25.0 Å². The number of ether oxygens (including phenoxy) is 2. The Morgan fingerprint density at radius 1 is 1.24 bits per heavy atom. The molecule has 114 valence electrons. The summed E-state index contributed by atoms with van der Waals surface area (Å²) in [5.41, 5.74) is 8.81. The lowest BCUT2D eigenvalue weighted by Crippen LogP contribution is -1.99. The van der Waals surface area contributed by atoms with Crippen molar-refractivity contribution in [3.63, 3.8) is 0 Å². The largest absolute Gasteiger partial charge is 0.493 e. The van der Waals surface area contributed by atoms with Crippen molar-refractivity contribution in [2.24, 2.45) is 7.05 Å². The van der Waals surface area contributed by atoms with Gasteiger partial charge in [0.1, 0.15) is 5.69 Å². The monoisotopic (exact) mass is 289 g/mol. The number of nitrogen functional groups attached to an aromatic ring is 1. The molecule has 0 bridgehead atoms. The maximum atomic E-state index is 6.14. The molecule has 0 atom stereocenters. The zero-order valence-corrected chi connectivity index (χ0v) is 13.1. The Morgan fingerprint density at radius 2 is 2.00 bits per heavy atom. The van der Waals surface area contributed by atoms with Crippen LogP contribution in [0.3, 0.4) is 0 Å². The first-order valence-corrected chi connectivity index (χ1v) is 7.26. The van der Waals surface area contributed by atoms with Gasteiger partial charge in [0.15, 0.2) is 11.5 Å². The predicted octanol–water partition coefficient (Wildman–Crippen LogP) is 3.32. The Balaban J connectivity index is 2.34.